The fourth-order valence-electron chi connectivity index (χ4n) is 1.38. The third-order valence-electron chi connectivity index (χ3n) is 2.12. The van der Waals surface area contributed by atoms with Crippen molar-refractivity contribution >= 4 is 0 Å². The largest absolute Gasteiger partial charge is 0.481 e. The van der Waals surface area contributed by atoms with E-state index < -0.39 is 0 Å². The first kappa shape index (κ1) is 11.0. The molecule has 0 bridgehead atoms. The number of rotatable bonds is 4. The monoisotopic (exact) mass is 194 g/mol. The van der Waals surface area contributed by atoms with E-state index in [-0.39, 0.29) is 6.04 Å². The van der Waals surface area contributed by atoms with Crippen molar-refractivity contribution in [3.05, 3.63) is 23.9 Å². The number of nitrogens with two attached hydrogens (primary N) is 1. The molecule has 1 heterocycles. The SMILES string of the molecule is COc1ccc([C@@H](N)CC(C)C)cn1. The number of ether oxygens (including phenoxy) is 1. The van der Waals surface area contributed by atoms with Gasteiger partial charge in [-0.15, -0.1) is 0 Å². The van der Waals surface area contributed by atoms with Crippen molar-refractivity contribution in [1.29, 1.82) is 0 Å². The van der Waals surface area contributed by atoms with E-state index in [1.807, 2.05) is 12.1 Å². The van der Waals surface area contributed by atoms with Gasteiger partial charge in [0, 0.05) is 18.3 Å². The summed E-state index contributed by atoms with van der Waals surface area (Å²) in [6, 6.07) is 3.89. The maximum Gasteiger partial charge on any atom is 0.212 e. The van der Waals surface area contributed by atoms with Gasteiger partial charge in [-0.25, -0.2) is 4.98 Å². The summed E-state index contributed by atoms with van der Waals surface area (Å²) in [6.45, 7) is 4.33. The molecular weight excluding hydrogens is 176 g/mol. The molecule has 14 heavy (non-hydrogen) atoms. The molecule has 3 heteroatoms. The Bertz CT molecular complexity index is 269. The molecule has 0 aliphatic heterocycles. The maximum atomic E-state index is 6.01. The lowest BCUT2D eigenvalue weighted by Gasteiger charge is -2.13. The van der Waals surface area contributed by atoms with Gasteiger partial charge in [-0.3, -0.25) is 0 Å². The first-order chi connectivity index (χ1) is 6.63. The number of nitrogens with zero attached hydrogens (tertiary/aromatic N) is 1. The van der Waals surface area contributed by atoms with Gasteiger partial charge >= 0.3 is 0 Å². The van der Waals surface area contributed by atoms with Gasteiger partial charge in [0.2, 0.25) is 5.88 Å². The molecule has 1 atom stereocenters. The fraction of sp³-hybridized carbons (Fsp3) is 0.545. The Morgan fingerprint density at radius 1 is 1.43 bits per heavy atom. The third kappa shape index (κ3) is 3.00. The minimum Gasteiger partial charge on any atom is -0.481 e. The zero-order chi connectivity index (χ0) is 10.6. The second-order valence-corrected chi connectivity index (χ2v) is 3.87. The molecule has 3 nitrogen and oxygen atoms in total. The Morgan fingerprint density at radius 3 is 2.57 bits per heavy atom. The van der Waals surface area contributed by atoms with Gasteiger partial charge in [0.15, 0.2) is 0 Å². The Kier molecular flexibility index (Phi) is 3.89. The summed E-state index contributed by atoms with van der Waals surface area (Å²) in [4.78, 5) is 4.12. The van der Waals surface area contributed by atoms with E-state index >= 15 is 0 Å². The van der Waals surface area contributed by atoms with Gasteiger partial charge < -0.3 is 10.5 Å². The molecule has 2 N–H and O–H groups in total. The lowest BCUT2D eigenvalue weighted by atomic mass is 9.99. The molecule has 0 aromatic carbocycles. The summed E-state index contributed by atoms with van der Waals surface area (Å²) in [5.41, 5.74) is 7.08. The summed E-state index contributed by atoms with van der Waals surface area (Å²) in [7, 11) is 1.61. The van der Waals surface area contributed by atoms with Crippen LogP contribution in [0.2, 0.25) is 0 Å². The molecule has 0 aliphatic rings. The lowest BCUT2D eigenvalue weighted by Crippen LogP contribution is -2.13. The second-order valence-electron chi connectivity index (χ2n) is 3.87. The van der Waals surface area contributed by atoms with Crippen LogP contribution in [0.25, 0.3) is 0 Å². The predicted molar refractivity (Wildman–Crippen MR) is 57.2 cm³/mol. The van der Waals surface area contributed by atoms with E-state index in [0.717, 1.165) is 12.0 Å². The van der Waals surface area contributed by atoms with Crippen LogP contribution in [0.1, 0.15) is 31.9 Å². The number of methoxy groups -OCH3 is 1. The number of pyridine rings is 1. The van der Waals surface area contributed by atoms with Crippen molar-refractivity contribution in [3.63, 3.8) is 0 Å². The molecule has 78 valence electrons. The molecule has 0 radical (unpaired) electrons. The zero-order valence-electron chi connectivity index (χ0n) is 9.03. The van der Waals surface area contributed by atoms with Gasteiger partial charge in [-0.05, 0) is 17.9 Å². The molecule has 1 aromatic rings. The van der Waals surface area contributed by atoms with E-state index in [1.165, 1.54) is 0 Å². The minimum absolute atomic E-state index is 0.0772. The zero-order valence-corrected chi connectivity index (χ0v) is 9.03. The average Bonchev–Trinajstić information content (AvgIpc) is 2.17. The van der Waals surface area contributed by atoms with Gasteiger partial charge in [0.05, 0.1) is 7.11 Å². The van der Waals surface area contributed by atoms with Crippen molar-refractivity contribution in [2.75, 3.05) is 7.11 Å². The van der Waals surface area contributed by atoms with E-state index in [1.54, 1.807) is 13.3 Å². The standard InChI is InChI=1S/C11H18N2O/c1-8(2)6-10(12)9-4-5-11(14-3)13-7-9/h4-5,7-8,10H,6,12H2,1-3H3/t10-/m0/s1. The first-order valence-electron chi connectivity index (χ1n) is 4.89. The number of aromatic nitrogens is 1. The van der Waals surface area contributed by atoms with Crippen molar-refractivity contribution in [2.45, 2.75) is 26.3 Å². The summed E-state index contributed by atoms with van der Waals surface area (Å²) < 4.78 is 4.98. The van der Waals surface area contributed by atoms with Crippen LogP contribution in [0, 0.1) is 5.92 Å². The topological polar surface area (TPSA) is 48.1 Å². The van der Waals surface area contributed by atoms with Crippen LogP contribution in [0.3, 0.4) is 0 Å². The maximum absolute atomic E-state index is 6.01. The Morgan fingerprint density at radius 2 is 2.14 bits per heavy atom. The predicted octanol–water partition coefficient (Wildman–Crippen LogP) is 2.14. The normalized spacial score (nSPS) is 12.9. The van der Waals surface area contributed by atoms with Crippen molar-refractivity contribution in [3.8, 4) is 5.88 Å². The van der Waals surface area contributed by atoms with Crippen LogP contribution in [0.4, 0.5) is 0 Å². The van der Waals surface area contributed by atoms with E-state index in [4.69, 9.17) is 10.5 Å². The third-order valence-corrected chi connectivity index (χ3v) is 2.12. The van der Waals surface area contributed by atoms with Crippen molar-refractivity contribution in [2.24, 2.45) is 11.7 Å². The Labute approximate surface area is 85.3 Å². The summed E-state index contributed by atoms with van der Waals surface area (Å²) in [6.07, 6.45) is 2.76. The summed E-state index contributed by atoms with van der Waals surface area (Å²) in [5, 5.41) is 0. The highest BCUT2D eigenvalue weighted by Crippen LogP contribution is 2.19. The van der Waals surface area contributed by atoms with Crippen LogP contribution < -0.4 is 10.5 Å². The highest BCUT2D eigenvalue weighted by atomic mass is 16.5. The van der Waals surface area contributed by atoms with Gasteiger partial charge in [-0.1, -0.05) is 19.9 Å². The van der Waals surface area contributed by atoms with Gasteiger partial charge in [0.25, 0.3) is 0 Å². The van der Waals surface area contributed by atoms with Crippen LogP contribution in [0.15, 0.2) is 18.3 Å². The van der Waals surface area contributed by atoms with E-state index in [2.05, 4.69) is 18.8 Å². The van der Waals surface area contributed by atoms with Crippen LogP contribution in [-0.4, -0.2) is 12.1 Å². The lowest BCUT2D eigenvalue weighted by molar-refractivity contribution is 0.397. The molecular formula is C11H18N2O. The Balaban J connectivity index is 2.66. The van der Waals surface area contributed by atoms with Crippen molar-refractivity contribution in [1.82, 2.24) is 4.98 Å². The minimum atomic E-state index is 0.0772. The highest BCUT2D eigenvalue weighted by molar-refractivity contribution is 5.20. The number of hydrogen-bond donors (Lipinski definition) is 1. The van der Waals surface area contributed by atoms with Crippen LogP contribution in [-0.2, 0) is 0 Å². The molecule has 0 unspecified atom stereocenters. The smallest absolute Gasteiger partial charge is 0.212 e. The summed E-state index contributed by atoms with van der Waals surface area (Å²) >= 11 is 0. The van der Waals surface area contributed by atoms with Crippen LogP contribution in [0.5, 0.6) is 5.88 Å². The highest BCUT2D eigenvalue weighted by Gasteiger charge is 2.08. The molecule has 0 saturated carbocycles. The van der Waals surface area contributed by atoms with E-state index in [9.17, 15) is 0 Å². The Hall–Kier alpha value is -1.09. The molecule has 1 rings (SSSR count). The van der Waals surface area contributed by atoms with Crippen molar-refractivity contribution < 1.29 is 4.74 Å². The molecule has 1 aromatic heterocycles. The van der Waals surface area contributed by atoms with Gasteiger partial charge in [-0.2, -0.15) is 0 Å². The second kappa shape index (κ2) is 4.96. The van der Waals surface area contributed by atoms with Gasteiger partial charge in [0.1, 0.15) is 0 Å². The average molecular weight is 194 g/mol. The summed E-state index contributed by atoms with van der Waals surface area (Å²) in [5.74, 6) is 1.23. The molecule has 0 fully saturated rings. The molecule has 0 saturated heterocycles. The molecule has 0 amide bonds. The van der Waals surface area contributed by atoms with E-state index in [0.29, 0.717) is 11.8 Å². The quantitative estimate of drug-likeness (QED) is 0.798. The fourth-order valence-corrected chi connectivity index (χ4v) is 1.38. The number of hydrogen-bond acceptors (Lipinski definition) is 3. The molecule has 0 aliphatic carbocycles. The first-order valence-corrected chi connectivity index (χ1v) is 4.89. The van der Waals surface area contributed by atoms with Crippen LogP contribution >= 0.6 is 0 Å². The molecule has 0 spiro atoms.